The van der Waals surface area contributed by atoms with Crippen LogP contribution in [0.1, 0.15) is 53.0 Å². The number of rotatable bonds is 9. The summed E-state index contributed by atoms with van der Waals surface area (Å²) in [4.78, 5) is 12.3. The molecule has 1 aromatic rings. The minimum Gasteiger partial charge on any atom is -0.497 e. The standard InChI is InChI=1S/C28H44O4Si/c1-19-15-25-24(27(19)31-18-21-9-12-23(30-6)13-10-21)14-11-22(26(25)17-29)16-20(2)32-33(7,8)28(3,4)5/h9-14,17,19-20,22,24-27H,15-16,18H2,1-8H3/t19-,20?,22-,24+,25+,26+,27+/m1/s1. The third-order valence-corrected chi connectivity index (χ3v) is 12.9. The highest BCUT2D eigenvalue weighted by atomic mass is 28.4. The van der Waals surface area contributed by atoms with Gasteiger partial charge in [0.25, 0.3) is 0 Å². The predicted octanol–water partition coefficient (Wildman–Crippen LogP) is 6.65. The summed E-state index contributed by atoms with van der Waals surface area (Å²) in [5, 5.41) is 0.189. The first-order chi connectivity index (χ1) is 15.5. The van der Waals surface area contributed by atoms with Gasteiger partial charge in [0.15, 0.2) is 8.32 Å². The number of hydrogen-bond donors (Lipinski definition) is 0. The Kier molecular flexibility index (Phi) is 8.29. The summed E-state index contributed by atoms with van der Waals surface area (Å²) in [5.41, 5.74) is 1.15. The molecular formula is C28H44O4Si. The molecule has 0 spiro atoms. The van der Waals surface area contributed by atoms with Crippen LogP contribution in [0, 0.1) is 29.6 Å². The second-order valence-electron chi connectivity index (χ2n) is 11.8. The van der Waals surface area contributed by atoms with E-state index in [1.54, 1.807) is 7.11 Å². The molecule has 0 saturated heterocycles. The number of hydrogen-bond acceptors (Lipinski definition) is 4. The fraction of sp³-hybridized carbons (Fsp3) is 0.679. The second kappa shape index (κ2) is 10.5. The Balaban J connectivity index is 1.65. The van der Waals surface area contributed by atoms with E-state index in [4.69, 9.17) is 13.9 Å². The van der Waals surface area contributed by atoms with Crippen molar-refractivity contribution >= 4 is 14.6 Å². The SMILES string of the molecule is COc1ccc(CO[C@@H]2[C@H]3C=C[C@H](CC(C)O[Si](C)(C)C(C)(C)C)[C@H](C=O)[C@H]3C[C@H]2C)cc1. The summed E-state index contributed by atoms with van der Waals surface area (Å²) < 4.78 is 18.3. The van der Waals surface area contributed by atoms with E-state index in [1.165, 1.54) is 6.29 Å². The number of aldehydes is 1. The van der Waals surface area contributed by atoms with Gasteiger partial charge in [0.05, 0.1) is 19.8 Å². The van der Waals surface area contributed by atoms with E-state index in [-0.39, 0.29) is 29.1 Å². The molecule has 1 fully saturated rings. The van der Waals surface area contributed by atoms with Crippen molar-refractivity contribution in [1.29, 1.82) is 0 Å². The van der Waals surface area contributed by atoms with Gasteiger partial charge < -0.3 is 18.7 Å². The van der Waals surface area contributed by atoms with Gasteiger partial charge in [-0.1, -0.05) is 52.0 Å². The van der Waals surface area contributed by atoms with Crippen molar-refractivity contribution < 1.29 is 18.7 Å². The van der Waals surface area contributed by atoms with Crippen LogP contribution in [0.25, 0.3) is 0 Å². The van der Waals surface area contributed by atoms with Gasteiger partial charge in [0.2, 0.25) is 0 Å². The lowest BCUT2D eigenvalue weighted by Crippen LogP contribution is -2.44. The van der Waals surface area contributed by atoms with Crippen LogP contribution >= 0.6 is 0 Å². The highest BCUT2D eigenvalue weighted by molar-refractivity contribution is 6.74. The molecule has 0 radical (unpaired) electrons. The molecule has 1 saturated carbocycles. The lowest BCUT2D eigenvalue weighted by atomic mass is 9.70. The number of ether oxygens (including phenoxy) is 2. The van der Waals surface area contributed by atoms with Crippen molar-refractivity contribution in [1.82, 2.24) is 0 Å². The van der Waals surface area contributed by atoms with Gasteiger partial charge in [0, 0.05) is 17.9 Å². The van der Waals surface area contributed by atoms with Gasteiger partial charge in [-0.2, -0.15) is 0 Å². The Bertz CT molecular complexity index is 810. The Morgan fingerprint density at radius 2 is 1.82 bits per heavy atom. The first kappa shape index (κ1) is 26.2. The highest BCUT2D eigenvalue weighted by Crippen LogP contribution is 2.49. The van der Waals surface area contributed by atoms with Gasteiger partial charge in [-0.15, -0.1) is 0 Å². The predicted molar refractivity (Wildman–Crippen MR) is 137 cm³/mol. The fourth-order valence-corrected chi connectivity index (χ4v) is 6.92. The number of carbonyl (C=O) groups is 1. The maximum Gasteiger partial charge on any atom is 0.192 e. The minimum absolute atomic E-state index is 0.0440. The van der Waals surface area contributed by atoms with Gasteiger partial charge in [-0.05, 0) is 73.3 Å². The average molecular weight is 473 g/mol. The molecule has 2 aliphatic carbocycles. The van der Waals surface area contributed by atoms with Gasteiger partial charge in [-0.3, -0.25) is 0 Å². The molecule has 0 bridgehead atoms. The highest BCUT2D eigenvalue weighted by Gasteiger charge is 2.48. The molecule has 3 rings (SSSR count). The van der Waals surface area contributed by atoms with Gasteiger partial charge in [-0.25, -0.2) is 0 Å². The van der Waals surface area contributed by atoms with Crippen molar-refractivity contribution in [2.24, 2.45) is 29.6 Å². The van der Waals surface area contributed by atoms with E-state index in [1.807, 2.05) is 12.1 Å². The molecule has 0 aliphatic heterocycles. The number of methoxy groups -OCH3 is 1. The summed E-state index contributed by atoms with van der Waals surface area (Å²) in [6, 6.07) is 8.06. The molecule has 184 valence electrons. The molecule has 7 atom stereocenters. The van der Waals surface area contributed by atoms with E-state index in [0.717, 1.165) is 24.2 Å². The van der Waals surface area contributed by atoms with Crippen LogP contribution < -0.4 is 4.74 Å². The summed E-state index contributed by atoms with van der Waals surface area (Å²) in [7, 11) is -0.144. The van der Waals surface area contributed by atoms with E-state index in [0.29, 0.717) is 24.4 Å². The van der Waals surface area contributed by atoms with Crippen LogP contribution in [0.3, 0.4) is 0 Å². The Labute approximate surface area is 202 Å². The summed E-state index contributed by atoms with van der Waals surface area (Å²) in [5.74, 6) is 2.24. The van der Waals surface area contributed by atoms with Crippen LogP contribution in [-0.2, 0) is 20.6 Å². The molecular weight excluding hydrogens is 428 g/mol. The van der Waals surface area contributed by atoms with Crippen LogP contribution in [0.4, 0.5) is 0 Å². The topological polar surface area (TPSA) is 44.8 Å². The fourth-order valence-electron chi connectivity index (χ4n) is 5.46. The van der Waals surface area contributed by atoms with E-state index in [2.05, 4.69) is 72.0 Å². The largest absolute Gasteiger partial charge is 0.497 e. The Morgan fingerprint density at radius 3 is 2.39 bits per heavy atom. The molecule has 4 nitrogen and oxygen atoms in total. The molecule has 0 amide bonds. The normalized spacial score (nSPS) is 30.7. The average Bonchev–Trinajstić information content (AvgIpc) is 3.06. The lowest BCUT2D eigenvalue weighted by Gasteiger charge is -2.40. The minimum atomic E-state index is -1.82. The van der Waals surface area contributed by atoms with Crippen molar-refractivity contribution in [3.8, 4) is 5.75 Å². The van der Waals surface area contributed by atoms with E-state index < -0.39 is 8.32 Å². The van der Waals surface area contributed by atoms with Crippen molar-refractivity contribution in [3.63, 3.8) is 0 Å². The first-order valence-electron chi connectivity index (χ1n) is 12.5. The smallest absolute Gasteiger partial charge is 0.192 e. The van der Waals surface area contributed by atoms with E-state index in [9.17, 15) is 4.79 Å². The zero-order valence-corrected chi connectivity index (χ0v) is 22.8. The Morgan fingerprint density at radius 1 is 1.15 bits per heavy atom. The van der Waals surface area contributed by atoms with Crippen LogP contribution in [0.15, 0.2) is 36.4 Å². The van der Waals surface area contributed by atoms with Crippen molar-refractivity contribution in [2.75, 3.05) is 7.11 Å². The summed E-state index contributed by atoms with van der Waals surface area (Å²) >= 11 is 0. The number of benzene rings is 1. The summed E-state index contributed by atoms with van der Waals surface area (Å²) in [6.07, 6.45) is 8.09. The van der Waals surface area contributed by atoms with Crippen LogP contribution in [-0.4, -0.2) is 33.9 Å². The van der Waals surface area contributed by atoms with Crippen molar-refractivity contribution in [2.45, 2.75) is 84.4 Å². The lowest BCUT2D eigenvalue weighted by molar-refractivity contribution is -0.115. The molecule has 5 heteroatoms. The zero-order chi connectivity index (χ0) is 24.4. The second-order valence-corrected chi connectivity index (χ2v) is 16.5. The zero-order valence-electron chi connectivity index (χ0n) is 21.8. The van der Waals surface area contributed by atoms with Crippen LogP contribution in [0.2, 0.25) is 18.1 Å². The molecule has 1 aromatic carbocycles. The van der Waals surface area contributed by atoms with Crippen LogP contribution in [0.5, 0.6) is 5.75 Å². The monoisotopic (exact) mass is 472 g/mol. The van der Waals surface area contributed by atoms with Gasteiger partial charge >= 0.3 is 0 Å². The third-order valence-electron chi connectivity index (χ3n) is 8.31. The molecule has 0 aromatic heterocycles. The maximum atomic E-state index is 12.3. The third kappa shape index (κ3) is 5.98. The van der Waals surface area contributed by atoms with Crippen molar-refractivity contribution in [3.05, 3.63) is 42.0 Å². The molecule has 2 aliphatic rings. The Hall–Kier alpha value is -1.43. The van der Waals surface area contributed by atoms with Gasteiger partial charge in [0.1, 0.15) is 12.0 Å². The first-order valence-corrected chi connectivity index (χ1v) is 15.4. The maximum absolute atomic E-state index is 12.3. The summed E-state index contributed by atoms with van der Waals surface area (Å²) in [6.45, 7) is 16.5. The molecule has 0 heterocycles. The van der Waals surface area contributed by atoms with E-state index >= 15 is 0 Å². The number of fused-ring (bicyclic) bond motifs is 1. The number of carbonyl (C=O) groups excluding carboxylic acids is 1. The number of allylic oxidation sites excluding steroid dienone is 1. The molecule has 1 unspecified atom stereocenters. The molecule has 0 N–H and O–H groups in total. The quantitative estimate of drug-likeness (QED) is 0.229. The molecule has 33 heavy (non-hydrogen) atoms.